The van der Waals surface area contributed by atoms with Gasteiger partial charge >= 0.3 is 0 Å². The van der Waals surface area contributed by atoms with Crippen molar-refractivity contribution in [1.29, 1.82) is 0 Å². The van der Waals surface area contributed by atoms with E-state index in [2.05, 4.69) is 23.4 Å². The number of halogens is 1. The second-order valence-corrected chi connectivity index (χ2v) is 4.96. The third-order valence-electron chi connectivity index (χ3n) is 2.49. The second kappa shape index (κ2) is 4.93. The van der Waals surface area contributed by atoms with Crippen LogP contribution in [0.1, 0.15) is 22.0 Å². The third-order valence-corrected chi connectivity index (χ3v) is 3.67. The summed E-state index contributed by atoms with van der Waals surface area (Å²) in [6.45, 7) is 2.07. The highest BCUT2D eigenvalue weighted by Crippen LogP contribution is 2.30. The number of aryl methyl sites for hydroxylation is 1. The average molecular weight is 254 g/mol. The van der Waals surface area contributed by atoms with E-state index in [1.165, 1.54) is 4.88 Å². The van der Waals surface area contributed by atoms with Gasteiger partial charge in [0.05, 0.1) is 11.1 Å². The number of pyridine rings is 1. The average Bonchev–Trinajstić information content (AvgIpc) is 2.69. The summed E-state index contributed by atoms with van der Waals surface area (Å²) in [6.07, 6.45) is 3.34. The predicted molar refractivity (Wildman–Crippen MR) is 67.5 cm³/mol. The van der Waals surface area contributed by atoms with Gasteiger partial charge in [0.1, 0.15) is 0 Å². The van der Waals surface area contributed by atoms with Crippen LogP contribution in [0.2, 0.25) is 5.02 Å². The van der Waals surface area contributed by atoms with Crippen molar-refractivity contribution in [3.63, 3.8) is 0 Å². The molecule has 0 aliphatic rings. The first-order chi connectivity index (χ1) is 7.74. The SMILES string of the molecule is Cc1sccc1C(NN)c1ccncc1Cl. The Morgan fingerprint density at radius 2 is 2.25 bits per heavy atom. The Hall–Kier alpha value is -0.940. The molecule has 3 N–H and O–H groups in total. The zero-order chi connectivity index (χ0) is 11.5. The fourth-order valence-electron chi connectivity index (χ4n) is 1.66. The standard InChI is InChI=1S/C11H12ClN3S/c1-7-8(3-5-16-7)11(15-13)9-2-4-14-6-10(9)12/h2-6,11,15H,13H2,1H3. The molecule has 0 amide bonds. The summed E-state index contributed by atoms with van der Waals surface area (Å²) in [5.74, 6) is 5.61. The quantitative estimate of drug-likeness (QED) is 0.653. The zero-order valence-electron chi connectivity index (χ0n) is 8.77. The van der Waals surface area contributed by atoms with Crippen LogP contribution in [0, 0.1) is 6.92 Å². The summed E-state index contributed by atoms with van der Waals surface area (Å²) in [7, 11) is 0. The smallest absolute Gasteiger partial charge is 0.0736 e. The number of hydrazine groups is 1. The highest BCUT2D eigenvalue weighted by atomic mass is 35.5. The van der Waals surface area contributed by atoms with Gasteiger partial charge in [-0.05, 0) is 35.6 Å². The van der Waals surface area contributed by atoms with Crippen molar-refractivity contribution in [1.82, 2.24) is 10.4 Å². The number of hydrogen-bond acceptors (Lipinski definition) is 4. The summed E-state index contributed by atoms with van der Waals surface area (Å²) in [5, 5.41) is 2.67. The number of nitrogens with two attached hydrogens (primary N) is 1. The fraction of sp³-hybridized carbons (Fsp3) is 0.182. The van der Waals surface area contributed by atoms with Crippen molar-refractivity contribution in [2.75, 3.05) is 0 Å². The Balaban J connectivity index is 2.45. The van der Waals surface area contributed by atoms with Gasteiger partial charge in [0.25, 0.3) is 0 Å². The summed E-state index contributed by atoms with van der Waals surface area (Å²) in [5.41, 5.74) is 4.90. The van der Waals surface area contributed by atoms with E-state index < -0.39 is 0 Å². The molecule has 1 atom stereocenters. The molecule has 3 nitrogen and oxygen atoms in total. The minimum absolute atomic E-state index is 0.0817. The molecule has 16 heavy (non-hydrogen) atoms. The first-order valence-electron chi connectivity index (χ1n) is 4.83. The molecule has 0 radical (unpaired) electrons. The van der Waals surface area contributed by atoms with Crippen LogP contribution >= 0.6 is 22.9 Å². The van der Waals surface area contributed by atoms with Gasteiger partial charge in [0, 0.05) is 17.3 Å². The van der Waals surface area contributed by atoms with Crippen molar-refractivity contribution in [2.24, 2.45) is 5.84 Å². The zero-order valence-corrected chi connectivity index (χ0v) is 10.3. The van der Waals surface area contributed by atoms with Crippen molar-refractivity contribution in [3.8, 4) is 0 Å². The van der Waals surface area contributed by atoms with Gasteiger partial charge in [0.15, 0.2) is 0 Å². The van der Waals surface area contributed by atoms with Crippen LogP contribution in [0.4, 0.5) is 0 Å². The monoisotopic (exact) mass is 253 g/mol. The Labute approximate surface area is 103 Å². The third kappa shape index (κ3) is 2.10. The minimum Gasteiger partial charge on any atom is -0.271 e. The lowest BCUT2D eigenvalue weighted by atomic mass is 10.0. The largest absolute Gasteiger partial charge is 0.271 e. The molecule has 0 spiro atoms. The van der Waals surface area contributed by atoms with Crippen molar-refractivity contribution in [3.05, 3.63) is 50.9 Å². The Kier molecular flexibility index (Phi) is 3.56. The molecule has 1 unspecified atom stereocenters. The molecule has 5 heteroatoms. The van der Waals surface area contributed by atoms with Crippen LogP contribution < -0.4 is 11.3 Å². The Morgan fingerprint density at radius 3 is 2.81 bits per heavy atom. The van der Waals surface area contributed by atoms with Crippen LogP contribution in [0.3, 0.4) is 0 Å². The van der Waals surface area contributed by atoms with E-state index in [1.807, 2.05) is 11.4 Å². The van der Waals surface area contributed by atoms with E-state index in [0.717, 1.165) is 11.1 Å². The number of aromatic nitrogens is 1. The summed E-state index contributed by atoms with van der Waals surface area (Å²) < 4.78 is 0. The Bertz CT molecular complexity index is 484. The molecule has 2 aromatic rings. The number of rotatable bonds is 3. The lowest BCUT2D eigenvalue weighted by molar-refractivity contribution is 0.635. The number of nitrogens with one attached hydrogen (secondary N) is 1. The maximum absolute atomic E-state index is 6.11. The molecule has 2 aromatic heterocycles. The van der Waals surface area contributed by atoms with E-state index >= 15 is 0 Å². The lowest BCUT2D eigenvalue weighted by Crippen LogP contribution is -2.29. The maximum Gasteiger partial charge on any atom is 0.0736 e. The molecule has 84 valence electrons. The van der Waals surface area contributed by atoms with Crippen LogP contribution in [-0.4, -0.2) is 4.98 Å². The summed E-state index contributed by atoms with van der Waals surface area (Å²) >= 11 is 7.81. The van der Waals surface area contributed by atoms with E-state index in [0.29, 0.717) is 5.02 Å². The highest BCUT2D eigenvalue weighted by Gasteiger charge is 2.17. The van der Waals surface area contributed by atoms with Gasteiger partial charge in [-0.25, -0.2) is 5.43 Å². The molecule has 0 aliphatic carbocycles. The van der Waals surface area contributed by atoms with Crippen LogP contribution in [0.25, 0.3) is 0 Å². The summed E-state index contributed by atoms with van der Waals surface area (Å²) in [6, 6.07) is 3.85. The van der Waals surface area contributed by atoms with Crippen molar-refractivity contribution < 1.29 is 0 Å². The molecule has 2 heterocycles. The summed E-state index contributed by atoms with van der Waals surface area (Å²) in [4.78, 5) is 5.20. The van der Waals surface area contributed by atoms with E-state index in [1.54, 1.807) is 23.7 Å². The molecule has 0 fully saturated rings. The first-order valence-corrected chi connectivity index (χ1v) is 6.09. The van der Waals surface area contributed by atoms with Crippen LogP contribution in [0.15, 0.2) is 29.9 Å². The molecule has 0 aliphatic heterocycles. The molecular formula is C11H12ClN3S. The lowest BCUT2D eigenvalue weighted by Gasteiger charge is -2.17. The predicted octanol–water partition coefficient (Wildman–Crippen LogP) is 2.66. The minimum atomic E-state index is -0.0817. The number of hydrogen-bond donors (Lipinski definition) is 2. The highest BCUT2D eigenvalue weighted by molar-refractivity contribution is 7.10. The van der Waals surface area contributed by atoms with Crippen LogP contribution in [0.5, 0.6) is 0 Å². The van der Waals surface area contributed by atoms with Gasteiger partial charge in [-0.1, -0.05) is 11.6 Å². The fourth-order valence-corrected chi connectivity index (χ4v) is 2.63. The van der Waals surface area contributed by atoms with Gasteiger partial charge in [0.2, 0.25) is 0 Å². The van der Waals surface area contributed by atoms with E-state index in [4.69, 9.17) is 17.4 Å². The van der Waals surface area contributed by atoms with E-state index in [9.17, 15) is 0 Å². The maximum atomic E-state index is 6.11. The molecule has 2 rings (SSSR count). The van der Waals surface area contributed by atoms with Gasteiger partial charge in [-0.2, -0.15) is 0 Å². The van der Waals surface area contributed by atoms with Gasteiger partial charge in [-0.15, -0.1) is 11.3 Å². The second-order valence-electron chi connectivity index (χ2n) is 3.43. The van der Waals surface area contributed by atoms with Gasteiger partial charge in [-0.3, -0.25) is 10.8 Å². The normalized spacial score (nSPS) is 12.7. The molecule has 0 bridgehead atoms. The van der Waals surface area contributed by atoms with Crippen LogP contribution in [-0.2, 0) is 0 Å². The molecule has 0 aromatic carbocycles. The molecule has 0 saturated carbocycles. The number of thiophene rings is 1. The molecular weight excluding hydrogens is 242 g/mol. The van der Waals surface area contributed by atoms with Crippen molar-refractivity contribution in [2.45, 2.75) is 13.0 Å². The molecule has 0 saturated heterocycles. The topological polar surface area (TPSA) is 50.9 Å². The van der Waals surface area contributed by atoms with E-state index in [-0.39, 0.29) is 6.04 Å². The Morgan fingerprint density at radius 1 is 1.44 bits per heavy atom. The van der Waals surface area contributed by atoms with Crippen molar-refractivity contribution >= 4 is 22.9 Å². The van der Waals surface area contributed by atoms with Gasteiger partial charge < -0.3 is 0 Å². The first kappa shape index (κ1) is 11.5. The number of nitrogens with zero attached hydrogens (tertiary/aromatic N) is 1.